The second-order valence-corrected chi connectivity index (χ2v) is 11.8. The van der Waals surface area contributed by atoms with E-state index in [0.717, 1.165) is 12.1 Å². The molecule has 0 saturated carbocycles. The van der Waals surface area contributed by atoms with Crippen LogP contribution in [0.5, 0.6) is 0 Å². The number of hydrogen-bond acceptors (Lipinski definition) is 8. The van der Waals surface area contributed by atoms with Crippen molar-refractivity contribution in [3.63, 3.8) is 0 Å². The molecule has 4 aromatic rings. The topological polar surface area (TPSA) is 161 Å². The van der Waals surface area contributed by atoms with Crippen molar-refractivity contribution < 1.29 is 26.7 Å². The van der Waals surface area contributed by atoms with Gasteiger partial charge in [0.2, 0.25) is 0 Å². The Morgan fingerprint density at radius 2 is 1.11 bits per heavy atom. The molecular weight excluding hydrogens is 510 g/mol. The largest absolute Gasteiger partial charge is 0.480 e. The fraction of sp³-hybridized carbons (Fsp3) is 0.0870. The van der Waals surface area contributed by atoms with E-state index in [4.69, 9.17) is 11.5 Å². The number of carbonyl (C=O) groups is 1. The lowest BCUT2D eigenvalue weighted by molar-refractivity contribution is -0.139. The van der Waals surface area contributed by atoms with E-state index in [1.165, 1.54) is 24.3 Å². The number of thiol groups is 1. The number of benzene rings is 4. The minimum absolute atomic E-state index is 0.0191. The van der Waals surface area contributed by atoms with Gasteiger partial charge in [-0.3, -0.25) is 4.79 Å². The van der Waals surface area contributed by atoms with Gasteiger partial charge in [0.1, 0.15) is 6.04 Å². The summed E-state index contributed by atoms with van der Waals surface area (Å²) in [6.45, 7) is 0. The van der Waals surface area contributed by atoms with Crippen molar-refractivity contribution in [3.05, 3.63) is 72.8 Å². The van der Waals surface area contributed by atoms with Gasteiger partial charge < -0.3 is 16.6 Å². The summed E-state index contributed by atoms with van der Waals surface area (Å²) in [5.74, 6) is -2.28. The normalized spacial score (nSPS) is 13.3. The SMILES string of the molecule is Nc1ccc(S(=O)(=O)N(C(CS)C(=O)O)S(=O)(=O)c2ccc(N)c3ccccc23)c2ccccc12. The summed E-state index contributed by atoms with van der Waals surface area (Å²) in [7, 11) is -9.91. The number of rotatable bonds is 7. The van der Waals surface area contributed by atoms with Crippen molar-refractivity contribution in [3.8, 4) is 0 Å². The highest BCUT2D eigenvalue weighted by atomic mass is 32.3. The summed E-state index contributed by atoms with van der Waals surface area (Å²) in [5, 5.41) is 10.9. The number of sulfonamides is 2. The van der Waals surface area contributed by atoms with Crippen LogP contribution in [-0.2, 0) is 24.8 Å². The summed E-state index contributed by atoms with van der Waals surface area (Å²) in [4.78, 5) is 11.3. The first-order chi connectivity index (χ1) is 16.5. The zero-order chi connectivity index (χ0) is 25.5. The Bertz CT molecular complexity index is 1570. The van der Waals surface area contributed by atoms with Crippen LogP contribution in [0.1, 0.15) is 0 Å². The predicted octanol–water partition coefficient (Wildman–Crippen LogP) is 2.92. The van der Waals surface area contributed by atoms with Crippen molar-refractivity contribution in [1.29, 1.82) is 0 Å². The maximum absolute atomic E-state index is 14.0. The van der Waals surface area contributed by atoms with Crippen LogP contribution < -0.4 is 11.5 Å². The standard InChI is InChI=1S/C23H21N3O6S3/c24-18-9-11-21(16-7-3-1-5-14(16)18)34(29,30)26(20(13-33)23(27)28)35(31,32)22-12-10-19(25)15-6-2-4-8-17(15)22/h1-12,20,33H,13,24-25H2,(H,27,28). The van der Waals surface area contributed by atoms with E-state index in [1.54, 1.807) is 36.4 Å². The predicted molar refractivity (Wildman–Crippen MR) is 138 cm³/mol. The second-order valence-electron chi connectivity index (χ2n) is 7.67. The number of fused-ring (bicyclic) bond motifs is 2. The minimum atomic E-state index is -4.96. The third-order valence-corrected chi connectivity index (χ3v) is 10.4. The molecule has 0 amide bonds. The Balaban J connectivity index is 2.07. The van der Waals surface area contributed by atoms with Gasteiger partial charge in [-0.2, -0.15) is 12.6 Å². The molecule has 0 saturated heterocycles. The third kappa shape index (κ3) is 4.08. The lowest BCUT2D eigenvalue weighted by Gasteiger charge is -2.27. The molecule has 1 unspecified atom stereocenters. The zero-order valence-corrected chi connectivity index (χ0v) is 20.6. The van der Waals surface area contributed by atoms with Gasteiger partial charge in [-0.1, -0.05) is 52.2 Å². The molecule has 0 aromatic heterocycles. The Hall–Kier alpha value is -3.32. The maximum Gasteiger partial charge on any atom is 0.324 e. The molecule has 0 aliphatic heterocycles. The van der Waals surface area contributed by atoms with Gasteiger partial charge in [0.05, 0.1) is 9.79 Å². The van der Waals surface area contributed by atoms with Crippen molar-refractivity contribution in [2.24, 2.45) is 0 Å². The first-order valence-electron chi connectivity index (χ1n) is 10.2. The summed E-state index contributed by atoms with van der Waals surface area (Å²) in [5.41, 5.74) is 12.5. The summed E-state index contributed by atoms with van der Waals surface area (Å²) in [6.07, 6.45) is 0. The minimum Gasteiger partial charge on any atom is -0.480 e. The highest BCUT2D eigenvalue weighted by Crippen LogP contribution is 2.36. The highest BCUT2D eigenvalue weighted by Gasteiger charge is 2.46. The molecule has 182 valence electrons. The van der Waals surface area contributed by atoms with E-state index in [-0.39, 0.29) is 25.9 Å². The number of anilines is 2. The maximum atomic E-state index is 14.0. The molecule has 0 aliphatic carbocycles. The van der Waals surface area contributed by atoms with Crippen LogP contribution in [0.4, 0.5) is 11.4 Å². The van der Waals surface area contributed by atoms with Gasteiger partial charge in [-0.15, -0.1) is 0 Å². The second kappa shape index (κ2) is 9.04. The lowest BCUT2D eigenvalue weighted by atomic mass is 10.1. The quantitative estimate of drug-likeness (QED) is 0.209. The zero-order valence-electron chi connectivity index (χ0n) is 18.1. The Labute approximate surface area is 207 Å². The molecule has 0 fully saturated rings. The van der Waals surface area contributed by atoms with Gasteiger partial charge in [0, 0.05) is 38.7 Å². The average molecular weight is 532 g/mol. The average Bonchev–Trinajstić information content (AvgIpc) is 2.82. The number of carboxylic acids is 1. The van der Waals surface area contributed by atoms with E-state index < -0.39 is 47.6 Å². The van der Waals surface area contributed by atoms with E-state index in [0.29, 0.717) is 10.8 Å². The highest BCUT2D eigenvalue weighted by molar-refractivity contribution is 8.04. The van der Waals surface area contributed by atoms with Crippen molar-refractivity contribution >= 4 is 71.6 Å². The first kappa shape index (κ1) is 24.8. The number of nitrogen functional groups attached to an aromatic ring is 2. The Morgan fingerprint density at radius 3 is 1.46 bits per heavy atom. The molecule has 4 rings (SSSR count). The fourth-order valence-corrected chi connectivity index (χ4v) is 8.77. The van der Waals surface area contributed by atoms with Crippen LogP contribution in [0.2, 0.25) is 0 Å². The number of aliphatic carboxylic acids is 1. The lowest BCUT2D eigenvalue weighted by Crippen LogP contribution is -2.49. The number of carboxylic acid groups (broad SMARTS) is 1. The molecule has 12 heteroatoms. The number of nitrogens with zero attached hydrogens (tertiary/aromatic N) is 1. The van der Waals surface area contributed by atoms with Crippen molar-refractivity contribution in [2.75, 3.05) is 17.2 Å². The molecule has 4 aromatic carbocycles. The number of nitrogens with two attached hydrogens (primary N) is 2. The van der Waals surface area contributed by atoms with Gasteiger partial charge in [-0.05, 0) is 24.3 Å². The van der Waals surface area contributed by atoms with E-state index in [2.05, 4.69) is 12.6 Å². The Morgan fingerprint density at radius 1 is 0.743 bits per heavy atom. The molecule has 0 radical (unpaired) electrons. The summed E-state index contributed by atoms with van der Waals surface area (Å²) in [6, 6.07) is 15.5. The van der Waals surface area contributed by atoms with Gasteiger partial charge in [0.15, 0.2) is 0 Å². The summed E-state index contributed by atoms with van der Waals surface area (Å²) >= 11 is 3.97. The smallest absolute Gasteiger partial charge is 0.324 e. The van der Waals surface area contributed by atoms with Gasteiger partial charge in [0.25, 0.3) is 20.0 Å². The van der Waals surface area contributed by atoms with Gasteiger partial charge >= 0.3 is 5.97 Å². The molecule has 35 heavy (non-hydrogen) atoms. The number of hydrogen-bond donors (Lipinski definition) is 4. The molecule has 0 spiro atoms. The Kier molecular flexibility index (Phi) is 6.40. The van der Waals surface area contributed by atoms with E-state index in [9.17, 15) is 26.7 Å². The third-order valence-electron chi connectivity index (χ3n) is 5.58. The summed E-state index contributed by atoms with van der Waals surface area (Å²) < 4.78 is 55.9. The molecule has 1 atom stereocenters. The molecule has 0 bridgehead atoms. The van der Waals surface area contributed by atoms with Crippen LogP contribution in [0.25, 0.3) is 21.5 Å². The van der Waals surface area contributed by atoms with Crippen molar-refractivity contribution in [2.45, 2.75) is 15.8 Å². The monoisotopic (exact) mass is 531 g/mol. The fourth-order valence-electron chi connectivity index (χ4n) is 3.93. The molecule has 9 nitrogen and oxygen atoms in total. The molecular formula is C23H21N3O6S3. The van der Waals surface area contributed by atoms with Crippen LogP contribution in [-0.4, -0.2) is 43.4 Å². The van der Waals surface area contributed by atoms with Crippen LogP contribution in [0.15, 0.2) is 82.6 Å². The van der Waals surface area contributed by atoms with Crippen LogP contribution in [0, 0.1) is 0 Å². The van der Waals surface area contributed by atoms with Crippen LogP contribution in [0.3, 0.4) is 0 Å². The van der Waals surface area contributed by atoms with Crippen LogP contribution >= 0.6 is 12.6 Å². The van der Waals surface area contributed by atoms with E-state index in [1.807, 2.05) is 0 Å². The van der Waals surface area contributed by atoms with Crippen molar-refractivity contribution in [1.82, 2.24) is 3.71 Å². The van der Waals surface area contributed by atoms with Gasteiger partial charge in [-0.25, -0.2) is 16.8 Å². The first-order valence-corrected chi connectivity index (χ1v) is 13.7. The van der Waals surface area contributed by atoms with E-state index >= 15 is 0 Å². The molecule has 5 N–H and O–H groups in total. The molecule has 0 heterocycles. The molecule has 0 aliphatic rings.